The van der Waals surface area contributed by atoms with Crippen molar-refractivity contribution >= 4 is 0 Å². The molecule has 0 aliphatic heterocycles. The van der Waals surface area contributed by atoms with Crippen LogP contribution in [0.5, 0.6) is 0 Å². The first-order valence-electron chi connectivity index (χ1n) is 6.83. The third-order valence-electron chi connectivity index (χ3n) is 3.90. The Kier molecular flexibility index (Phi) is 4.72. The van der Waals surface area contributed by atoms with Crippen LogP contribution in [0, 0.1) is 11.7 Å². The summed E-state index contributed by atoms with van der Waals surface area (Å²) in [5.41, 5.74) is 0.959. The van der Waals surface area contributed by atoms with E-state index in [2.05, 4.69) is 5.32 Å². The van der Waals surface area contributed by atoms with Crippen LogP contribution < -0.4 is 5.32 Å². The average Bonchev–Trinajstić information content (AvgIpc) is 2.37. The molecule has 3 atom stereocenters. The number of hydrogen-bond acceptors (Lipinski definition) is 2. The smallest absolute Gasteiger partial charge is 0.123 e. The van der Waals surface area contributed by atoms with E-state index in [0.29, 0.717) is 5.92 Å². The van der Waals surface area contributed by atoms with Gasteiger partial charge in [0.05, 0.1) is 6.10 Å². The molecule has 1 saturated carbocycles. The second-order valence-corrected chi connectivity index (χ2v) is 5.30. The minimum absolute atomic E-state index is 0.120. The van der Waals surface area contributed by atoms with Gasteiger partial charge in [0.2, 0.25) is 0 Å². The summed E-state index contributed by atoms with van der Waals surface area (Å²) in [6, 6.07) is 6.81. The maximum absolute atomic E-state index is 13.1. The van der Waals surface area contributed by atoms with E-state index in [9.17, 15) is 9.50 Å². The van der Waals surface area contributed by atoms with Crippen molar-refractivity contribution in [2.75, 3.05) is 6.54 Å². The van der Waals surface area contributed by atoms with Gasteiger partial charge in [0.15, 0.2) is 0 Å². The largest absolute Gasteiger partial charge is 0.393 e. The molecular formula is C15H22FNO. The molecule has 100 valence electrons. The van der Waals surface area contributed by atoms with Crippen LogP contribution in [-0.2, 0) is 0 Å². The SMILES string of the molecule is CC(NCC1CCCCC1O)c1cccc(F)c1. The Bertz CT molecular complexity index is 383. The van der Waals surface area contributed by atoms with E-state index in [4.69, 9.17) is 0 Å². The molecule has 0 aromatic heterocycles. The van der Waals surface area contributed by atoms with Crippen molar-refractivity contribution in [3.63, 3.8) is 0 Å². The van der Waals surface area contributed by atoms with Crippen molar-refractivity contribution in [1.29, 1.82) is 0 Å². The van der Waals surface area contributed by atoms with E-state index in [0.717, 1.165) is 31.4 Å². The molecule has 0 spiro atoms. The second kappa shape index (κ2) is 6.30. The zero-order valence-electron chi connectivity index (χ0n) is 10.9. The standard InChI is InChI=1S/C15H22FNO/c1-11(12-6-4-7-14(16)9-12)17-10-13-5-2-3-8-15(13)18/h4,6-7,9,11,13,15,17-18H,2-3,5,8,10H2,1H3. The number of benzene rings is 1. The molecule has 2 N–H and O–H groups in total. The van der Waals surface area contributed by atoms with Crippen LogP contribution >= 0.6 is 0 Å². The molecule has 3 unspecified atom stereocenters. The fourth-order valence-corrected chi connectivity index (χ4v) is 2.65. The Morgan fingerprint density at radius 1 is 1.39 bits per heavy atom. The highest BCUT2D eigenvalue weighted by atomic mass is 19.1. The van der Waals surface area contributed by atoms with E-state index in [1.165, 1.54) is 12.5 Å². The Labute approximate surface area is 108 Å². The molecule has 1 aromatic rings. The highest BCUT2D eigenvalue weighted by Gasteiger charge is 2.23. The first-order valence-corrected chi connectivity index (χ1v) is 6.83. The molecule has 0 bridgehead atoms. The summed E-state index contributed by atoms with van der Waals surface area (Å²) in [5.74, 6) is 0.147. The molecule has 2 nitrogen and oxygen atoms in total. The monoisotopic (exact) mass is 251 g/mol. The molecule has 1 aliphatic rings. The van der Waals surface area contributed by atoms with Crippen molar-refractivity contribution in [2.24, 2.45) is 5.92 Å². The number of halogens is 1. The molecule has 2 rings (SSSR count). The van der Waals surface area contributed by atoms with Gasteiger partial charge in [-0.15, -0.1) is 0 Å². The maximum Gasteiger partial charge on any atom is 0.123 e. The minimum atomic E-state index is -0.196. The van der Waals surface area contributed by atoms with Gasteiger partial charge >= 0.3 is 0 Å². The van der Waals surface area contributed by atoms with Crippen LogP contribution in [0.15, 0.2) is 24.3 Å². The molecule has 0 radical (unpaired) electrons. The third-order valence-corrected chi connectivity index (χ3v) is 3.90. The first kappa shape index (κ1) is 13.5. The van der Waals surface area contributed by atoms with Gasteiger partial charge in [-0.25, -0.2) is 4.39 Å². The van der Waals surface area contributed by atoms with Gasteiger partial charge in [0.1, 0.15) is 5.82 Å². The summed E-state index contributed by atoms with van der Waals surface area (Å²) in [6.45, 7) is 2.84. The van der Waals surface area contributed by atoms with Gasteiger partial charge in [-0.3, -0.25) is 0 Å². The Balaban J connectivity index is 1.86. The molecule has 1 aliphatic carbocycles. The van der Waals surface area contributed by atoms with Crippen LogP contribution in [0.4, 0.5) is 4.39 Å². The minimum Gasteiger partial charge on any atom is -0.393 e. The molecule has 1 aromatic carbocycles. The number of nitrogens with one attached hydrogen (secondary N) is 1. The lowest BCUT2D eigenvalue weighted by molar-refractivity contribution is 0.0684. The summed E-state index contributed by atoms with van der Waals surface area (Å²) in [4.78, 5) is 0. The fraction of sp³-hybridized carbons (Fsp3) is 0.600. The highest BCUT2D eigenvalue weighted by Crippen LogP contribution is 2.24. The molecule has 18 heavy (non-hydrogen) atoms. The first-order chi connectivity index (χ1) is 8.66. The highest BCUT2D eigenvalue weighted by molar-refractivity contribution is 5.19. The van der Waals surface area contributed by atoms with E-state index in [1.54, 1.807) is 12.1 Å². The Morgan fingerprint density at radius 2 is 2.17 bits per heavy atom. The lowest BCUT2D eigenvalue weighted by Crippen LogP contribution is -2.34. The number of aliphatic hydroxyl groups is 1. The lowest BCUT2D eigenvalue weighted by atomic mass is 9.86. The fourth-order valence-electron chi connectivity index (χ4n) is 2.65. The van der Waals surface area contributed by atoms with Crippen LogP contribution in [0.25, 0.3) is 0 Å². The Hall–Kier alpha value is -0.930. The van der Waals surface area contributed by atoms with Gasteiger partial charge in [-0.1, -0.05) is 25.0 Å². The van der Waals surface area contributed by atoms with Crippen molar-refractivity contribution in [3.05, 3.63) is 35.6 Å². The van der Waals surface area contributed by atoms with E-state index in [-0.39, 0.29) is 18.0 Å². The van der Waals surface area contributed by atoms with E-state index in [1.807, 2.05) is 13.0 Å². The third kappa shape index (κ3) is 3.53. The molecule has 1 fully saturated rings. The zero-order valence-corrected chi connectivity index (χ0v) is 10.9. The van der Waals surface area contributed by atoms with Gasteiger partial charge in [0, 0.05) is 12.6 Å². The molecular weight excluding hydrogens is 229 g/mol. The van der Waals surface area contributed by atoms with Crippen molar-refractivity contribution in [3.8, 4) is 0 Å². The van der Waals surface area contributed by atoms with Crippen molar-refractivity contribution in [1.82, 2.24) is 5.32 Å². The summed E-state index contributed by atoms with van der Waals surface area (Å²) in [5, 5.41) is 13.3. The van der Waals surface area contributed by atoms with Crippen molar-refractivity contribution in [2.45, 2.75) is 44.8 Å². The van der Waals surface area contributed by atoms with Gasteiger partial charge < -0.3 is 10.4 Å². The molecule has 0 heterocycles. The van der Waals surface area contributed by atoms with E-state index < -0.39 is 0 Å². The normalized spacial score (nSPS) is 25.9. The van der Waals surface area contributed by atoms with Crippen LogP contribution in [0.1, 0.15) is 44.2 Å². The van der Waals surface area contributed by atoms with Gasteiger partial charge in [0.25, 0.3) is 0 Å². The summed E-state index contributed by atoms with van der Waals surface area (Å²) >= 11 is 0. The molecule has 3 heteroatoms. The van der Waals surface area contributed by atoms with E-state index >= 15 is 0 Å². The van der Waals surface area contributed by atoms with Crippen LogP contribution in [-0.4, -0.2) is 17.8 Å². The summed E-state index contributed by atoms with van der Waals surface area (Å²) < 4.78 is 13.1. The number of rotatable bonds is 4. The predicted molar refractivity (Wildman–Crippen MR) is 70.8 cm³/mol. The molecule has 0 saturated heterocycles. The second-order valence-electron chi connectivity index (χ2n) is 5.30. The summed E-state index contributed by atoms with van der Waals surface area (Å²) in [6.07, 6.45) is 4.17. The summed E-state index contributed by atoms with van der Waals surface area (Å²) in [7, 11) is 0. The number of aliphatic hydroxyl groups excluding tert-OH is 1. The topological polar surface area (TPSA) is 32.3 Å². The van der Waals surface area contributed by atoms with Crippen LogP contribution in [0.2, 0.25) is 0 Å². The van der Waals surface area contributed by atoms with Gasteiger partial charge in [-0.2, -0.15) is 0 Å². The Morgan fingerprint density at radius 3 is 2.89 bits per heavy atom. The van der Waals surface area contributed by atoms with Crippen LogP contribution in [0.3, 0.4) is 0 Å². The lowest BCUT2D eigenvalue weighted by Gasteiger charge is -2.29. The molecule has 0 amide bonds. The van der Waals surface area contributed by atoms with Gasteiger partial charge in [-0.05, 0) is 43.4 Å². The quantitative estimate of drug-likeness (QED) is 0.862. The average molecular weight is 251 g/mol. The zero-order chi connectivity index (χ0) is 13.0. The maximum atomic E-state index is 13.1. The number of hydrogen-bond donors (Lipinski definition) is 2. The van der Waals surface area contributed by atoms with Crippen molar-refractivity contribution < 1.29 is 9.50 Å². The predicted octanol–water partition coefficient (Wildman–Crippen LogP) is 3.03.